The monoisotopic (exact) mass is 223 g/mol. The van der Waals surface area contributed by atoms with E-state index < -0.39 is 0 Å². The fourth-order valence-corrected chi connectivity index (χ4v) is 1.19. The third-order valence-corrected chi connectivity index (χ3v) is 2.04. The molecule has 1 aromatic rings. The molecule has 5 heteroatoms. The Morgan fingerprint density at radius 2 is 1.94 bits per heavy atom. The largest absolute Gasteiger partial charge is 0.395 e. The summed E-state index contributed by atoms with van der Waals surface area (Å²) < 4.78 is 0. The van der Waals surface area contributed by atoms with Gasteiger partial charge in [0, 0.05) is 32.0 Å². The summed E-state index contributed by atoms with van der Waals surface area (Å²) in [6.45, 7) is 0.189. The first kappa shape index (κ1) is 12.3. The van der Waals surface area contributed by atoms with Crippen molar-refractivity contribution in [1.29, 1.82) is 0 Å². The van der Waals surface area contributed by atoms with E-state index in [-0.39, 0.29) is 19.2 Å². The quantitative estimate of drug-likeness (QED) is 0.709. The first-order valence-electron chi connectivity index (χ1n) is 5.06. The van der Waals surface area contributed by atoms with E-state index in [4.69, 9.17) is 5.11 Å². The van der Waals surface area contributed by atoms with Gasteiger partial charge < -0.3 is 20.6 Å². The Morgan fingerprint density at radius 3 is 2.44 bits per heavy atom. The van der Waals surface area contributed by atoms with Crippen molar-refractivity contribution < 1.29 is 9.90 Å². The van der Waals surface area contributed by atoms with Gasteiger partial charge in [-0.25, -0.2) is 4.79 Å². The molecule has 0 aliphatic rings. The Hall–Kier alpha value is -1.75. The van der Waals surface area contributed by atoms with Gasteiger partial charge in [-0.15, -0.1) is 0 Å². The lowest BCUT2D eigenvalue weighted by Gasteiger charge is -2.13. The van der Waals surface area contributed by atoms with E-state index in [0.717, 1.165) is 11.4 Å². The summed E-state index contributed by atoms with van der Waals surface area (Å²) >= 11 is 0. The maximum Gasteiger partial charge on any atom is 0.319 e. The molecule has 16 heavy (non-hydrogen) atoms. The molecular formula is C11H17N3O2. The number of aliphatic hydroxyl groups is 1. The van der Waals surface area contributed by atoms with Crippen LogP contribution in [-0.4, -0.2) is 38.4 Å². The zero-order chi connectivity index (χ0) is 12.0. The maximum atomic E-state index is 11.2. The first-order valence-corrected chi connectivity index (χ1v) is 5.06. The third kappa shape index (κ3) is 3.78. The number of anilines is 2. The molecule has 0 heterocycles. The Labute approximate surface area is 95.1 Å². The van der Waals surface area contributed by atoms with E-state index in [0.29, 0.717) is 0 Å². The molecule has 0 radical (unpaired) electrons. The van der Waals surface area contributed by atoms with E-state index in [9.17, 15) is 4.79 Å². The van der Waals surface area contributed by atoms with Gasteiger partial charge in [0.2, 0.25) is 0 Å². The van der Waals surface area contributed by atoms with E-state index in [1.807, 2.05) is 43.3 Å². The van der Waals surface area contributed by atoms with Crippen LogP contribution in [-0.2, 0) is 0 Å². The number of nitrogens with zero attached hydrogens (tertiary/aromatic N) is 1. The highest BCUT2D eigenvalue weighted by Gasteiger charge is 2.00. The molecule has 0 aliphatic carbocycles. The van der Waals surface area contributed by atoms with Crippen LogP contribution in [0.5, 0.6) is 0 Å². The summed E-state index contributed by atoms with van der Waals surface area (Å²) in [5.41, 5.74) is 1.79. The minimum absolute atomic E-state index is 0.0625. The summed E-state index contributed by atoms with van der Waals surface area (Å²) in [6.07, 6.45) is 0. The number of benzene rings is 1. The van der Waals surface area contributed by atoms with Crippen molar-refractivity contribution in [3.8, 4) is 0 Å². The number of rotatable bonds is 4. The van der Waals surface area contributed by atoms with Crippen molar-refractivity contribution in [2.45, 2.75) is 0 Å². The second-order valence-electron chi connectivity index (χ2n) is 3.55. The van der Waals surface area contributed by atoms with Crippen molar-refractivity contribution in [3.63, 3.8) is 0 Å². The lowest BCUT2D eigenvalue weighted by Crippen LogP contribution is -2.30. The van der Waals surface area contributed by atoms with Crippen LogP contribution in [0.4, 0.5) is 16.2 Å². The standard InChI is InChI=1S/C11H17N3O2/c1-14(2)10-5-3-9(4-6-10)13-11(16)12-7-8-15/h3-6,15H,7-8H2,1-2H3,(H2,12,13,16). The van der Waals surface area contributed by atoms with Crippen LogP contribution >= 0.6 is 0 Å². The molecule has 0 atom stereocenters. The fraction of sp³-hybridized carbons (Fsp3) is 0.364. The second kappa shape index (κ2) is 5.97. The number of carbonyl (C=O) groups is 1. The highest BCUT2D eigenvalue weighted by Crippen LogP contribution is 2.15. The number of aliphatic hydroxyl groups excluding tert-OH is 1. The van der Waals surface area contributed by atoms with Crippen LogP contribution in [0.15, 0.2) is 24.3 Å². The summed E-state index contributed by atoms with van der Waals surface area (Å²) in [4.78, 5) is 13.2. The van der Waals surface area contributed by atoms with E-state index in [2.05, 4.69) is 10.6 Å². The first-order chi connectivity index (χ1) is 7.63. The highest BCUT2D eigenvalue weighted by atomic mass is 16.3. The molecule has 1 aromatic carbocycles. The van der Waals surface area contributed by atoms with E-state index >= 15 is 0 Å². The number of nitrogens with one attached hydrogen (secondary N) is 2. The predicted octanol–water partition coefficient (Wildman–Crippen LogP) is 0.866. The molecule has 0 unspecified atom stereocenters. The fourth-order valence-electron chi connectivity index (χ4n) is 1.19. The van der Waals surface area contributed by atoms with Gasteiger partial charge in [-0.2, -0.15) is 0 Å². The summed E-state index contributed by atoms with van der Waals surface area (Å²) in [5, 5.41) is 13.7. The number of hydrogen-bond acceptors (Lipinski definition) is 3. The van der Waals surface area contributed by atoms with Crippen LogP contribution in [0.1, 0.15) is 0 Å². The van der Waals surface area contributed by atoms with Gasteiger partial charge in [0.15, 0.2) is 0 Å². The lowest BCUT2D eigenvalue weighted by molar-refractivity contribution is 0.245. The van der Waals surface area contributed by atoms with E-state index in [1.165, 1.54) is 0 Å². The molecule has 0 spiro atoms. The summed E-state index contributed by atoms with van der Waals surface area (Å²) in [7, 11) is 3.91. The van der Waals surface area contributed by atoms with Crippen molar-refractivity contribution in [1.82, 2.24) is 5.32 Å². The molecule has 3 N–H and O–H groups in total. The van der Waals surface area contributed by atoms with Gasteiger partial charge in [-0.3, -0.25) is 0 Å². The molecule has 88 valence electrons. The Morgan fingerprint density at radius 1 is 1.31 bits per heavy atom. The SMILES string of the molecule is CN(C)c1ccc(NC(=O)NCCO)cc1. The Balaban J connectivity index is 2.51. The van der Waals surface area contributed by atoms with E-state index in [1.54, 1.807) is 0 Å². The highest BCUT2D eigenvalue weighted by molar-refractivity contribution is 5.89. The summed E-state index contributed by atoms with van der Waals surface area (Å²) in [5.74, 6) is 0. The predicted molar refractivity (Wildman–Crippen MR) is 64.9 cm³/mol. The van der Waals surface area contributed by atoms with Crippen molar-refractivity contribution >= 4 is 17.4 Å². The van der Waals surface area contributed by atoms with Crippen LogP contribution in [0.2, 0.25) is 0 Å². The van der Waals surface area contributed by atoms with Crippen molar-refractivity contribution in [3.05, 3.63) is 24.3 Å². The number of amides is 2. The molecule has 0 aromatic heterocycles. The Bertz CT molecular complexity index is 336. The minimum atomic E-state index is -0.313. The maximum absolute atomic E-state index is 11.2. The number of urea groups is 1. The molecule has 0 fully saturated rings. The second-order valence-corrected chi connectivity index (χ2v) is 3.55. The molecule has 0 aliphatic heterocycles. The molecule has 0 saturated carbocycles. The molecule has 2 amide bonds. The summed E-state index contributed by atoms with van der Waals surface area (Å²) in [6, 6.07) is 7.18. The van der Waals surface area contributed by atoms with Crippen LogP contribution in [0, 0.1) is 0 Å². The zero-order valence-corrected chi connectivity index (χ0v) is 9.53. The third-order valence-electron chi connectivity index (χ3n) is 2.04. The average molecular weight is 223 g/mol. The van der Waals surface area contributed by atoms with Gasteiger partial charge in [-0.05, 0) is 24.3 Å². The smallest absolute Gasteiger partial charge is 0.319 e. The van der Waals surface area contributed by atoms with Gasteiger partial charge >= 0.3 is 6.03 Å². The Kier molecular flexibility index (Phi) is 4.60. The average Bonchev–Trinajstić information content (AvgIpc) is 2.27. The molecular weight excluding hydrogens is 206 g/mol. The van der Waals surface area contributed by atoms with Gasteiger partial charge in [-0.1, -0.05) is 0 Å². The topological polar surface area (TPSA) is 64.6 Å². The van der Waals surface area contributed by atoms with Crippen molar-refractivity contribution in [2.24, 2.45) is 0 Å². The normalized spacial score (nSPS) is 9.69. The van der Waals surface area contributed by atoms with Crippen LogP contribution < -0.4 is 15.5 Å². The zero-order valence-electron chi connectivity index (χ0n) is 9.53. The minimum Gasteiger partial charge on any atom is -0.395 e. The number of hydrogen-bond donors (Lipinski definition) is 3. The van der Waals surface area contributed by atoms with Crippen molar-refractivity contribution in [2.75, 3.05) is 37.5 Å². The lowest BCUT2D eigenvalue weighted by atomic mass is 10.2. The molecule has 0 bridgehead atoms. The molecule has 0 saturated heterocycles. The van der Waals surface area contributed by atoms with Crippen LogP contribution in [0.3, 0.4) is 0 Å². The van der Waals surface area contributed by atoms with Gasteiger partial charge in [0.05, 0.1) is 6.61 Å². The molecule has 1 rings (SSSR count). The van der Waals surface area contributed by atoms with Gasteiger partial charge in [0.1, 0.15) is 0 Å². The van der Waals surface area contributed by atoms with Gasteiger partial charge in [0.25, 0.3) is 0 Å². The molecule has 5 nitrogen and oxygen atoms in total. The van der Waals surface area contributed by atoms with Crippen LogP contribution in [0.25, 0.3) is 0 Å². The number of carbonyl (C=O) groups excluding carboxylic acids is 1.